The summed E-state index contributed by atoms with van der Waals surface area (Å²) in [6, 6.07) is 0. The van der Waals surface area contributed by atoms with Gasteiger partial charge < -0.3 is 0 Å². The fourth-order valence-electron chi connectivity index (χ4n) is 2.96. The monoisotopic (exact) mass is 288 g/mol. The third-order valence-corrected chi connectivity index (χ3v) is 4.33. The average Bonchev–Trinajstić information content (AvgIpc) is 2.37. The van der Waals surface area contributed by atoms with Crippen molar-refractivity contribution >= 4 is 5.78 Å². The molecule has 0 aromatic carbocycles. The summed E-state index contributed by atoms with van der Waals surface area (Å²) in [5.74, 6) is 1.79. The highest BCUT2D eigenvalue weighted by molar-refractivity contribution is 5.78. The Morgan fingerprint density at radius 2 is 2.00 bits per heavy atom. The van der Waals surface area contributed by atoms with Crippen LogP contribution in [0.15, 0.2) is 36.0 Å². The highest BCUT2D eigenvalue weighted by atomic mass is 16.1. The largest absolute Gasteiger partial charge is 0.300 e. The van der Waals surface area contributed by atoms with Gasteiger partial charge in [-0.25, -0.2) is 0 Å². The topological polar surface area (TPSA) is 17.1 Å². The first kappa shape index (κ1) is 17.9. The van der Waals surface area contributed by atoms with Gasteiger partial charge in [-0.1, -0.05) is 56.7 Å². The van der Waals surface area contributed by atoms with Gasteiger partial charge in [0, 0.05) is 12.8 Å². The van der Waals surface area contributed by atoms with Crippen LogP contribution in [-0.4, -0.2) is 5.78 Å². The number of Topliss-reactive ketones (excluding diaryl/α,β-unsaturated/α-hetero) is 1. The normalized spacial score (nSPS) is 26.0. The zero-order valence-electron chi connectivity index (χ0n) is 14.3. The molecule has 0 spiro atoms. The molecule has 0 saturated heterocycles. The fourth-order valence-corrected chi connectivity index (χ4v) is 2.96. The molecular weight excluding hydrogens is 256 g/mol. The van der Waals surface area contributed by atoms with Crippen LogP contribution in [-0.2, 0) is 4.79 Å². The van der Waals surface area contributed by atoms with E-state index in [9.17, 15) is 4.79 Å². The summed E-state index contributed by atoms with van der Waals surface area (Å²) in [6.45, 7) is 12.8. The number of carbonyl (C=O) groups excluding carboxylic acids is 1. The molecule has 1 rings (SSSR count). The minimum atomic E-state index is 0.411. The van der Waals surface area contributed by atoms with Crippen LogP contribution in [0.2, 0.25) is 0 Å². The number of carbonyl (C=O) groups is 1. The van der Waals surface area contributed by atoms with E-state index >= 15 is 0 Å². The Morgan fingerprint density at radius 3 is 2.67 bits per heavy atom. The zero-order valence-corrected chi connectivity index (χ0v) is 14.3. The number of allylic oxidation sites excluding steroid dienone is 5. The molecule has 0 bridgehead atoms. The van der Waals surface area contributed by atoms with Crippen LogP contribution in [0.4, 0.5) is 0 Å². The van der Waals surface area contributed by atoms with E-state index in [1.165, 1.54) is 11.1 Å². The Balaban J connectivity index is 2.67. The van der Waals surface area contributed by atoms with E-state index in [-0.39, 0.29) is 0 Å². The van der Waals surface area contributed by atoms with Crippen molar-refractivity contribution < 1.29 is 4.79 Å². The van der Waals surface area contributed by atoms with Gasteiger partial charge in [-0.15, -0.1) is 0 Å². The first-order chi connectivity index (χ1) is 9.88. The van der Waals surface area contributed by atoms with Crippen molar-refractivity contribution in [3.63, 3.8) is 0 Å². The molecule has 0 aromatic rings. The van der Waals surface area contributed by atoms with Gasteiger partial charge in [0.2, 0.25) is 0 Å². The first-order valence-electron chi connectivity index (χ1n) is 8.41. The Hall–Kier alpha value is -1.11. The number of ketones is 1. The molecule has 0 unspecified atom stereocenters. The van der Waals surface area contributed by atoms with E-state index in [4.69, 9.17) is 0 Å². The van der Waals surface area contributed by atoms with E-state index in [0.29, 0.717) is 36.4 Å². The molecule has 1 aliphatic carbocycles. The lowest BCUT2D eigenvalue weighted by atomic mass is 9.83. The van der Waals surface area contributed by atoms with E-state index in [0.717, 1.165) is 25.7 Å². The smallest absolute Gasteiger partial charge is 0.133 e. The van der Waals surface area contributed by atoms with Crippen molar-refractivity contribution in [2.24, 2.45) is 17.8 Å². The van der Waals surface area contributed by atoms with E-state index in [2.05, 4.69) is 52.5 Å². The van der Waals surface area contributed by atoms with E-state index in [1.807, 2.05) is 0 Å². The molecule has 2 atom stereocenters. The summed E-state index contributed by atoms with van der Waals surface area (Å²) in [7, 11) is 0. The molecule has 1 heteroatoms. The van der Waals surface area contributed by atoms with Crippen LogP contribution in [0.1, 0.15) is 66.2 Å². The van der Waals surface area contributed by atoms with Crippen molar-refractivity contribution in [3.05, 3.63) is 36.0 Å². The fraction of sp³-hybridized carbons (Fsp3) is 0.650. The Bertz CT molecular complexity index is 412. The quantitative estimate of drug-likeness (QED) is 0.578. The maximum Gasteiger partial charge on any atom is 0.133 e. The van der Waals surface area contributed by atoms with Crippen molar-refractivity contribution in [3.8, 4) is 0 Å². The predicted molar refractivity (Wildman–Crippen MR) is 92.2 cm³/mol. The van der Waals surface area contributed by atoms with Gasteiger partial charge in [-0.3, -0.25) is 4.79 Å². The minimum Gasteiger partial charge on any atom is -0.300 e. The van der Waals surface area contributed by atoms with Crippen LogP contribution in [0.5, 0.6) is 0 Å². The summed E-state index contributed by atoms with van der Waals surface area (Å²) in [5, 5.41) is 0. The van der Waals surface area contributed by atoms with Gasteiger partial charge in [0.1, 0.15) is 5.78 Å². The molecule has 0 N–H and O–H groups in total. The lowest BCUT2D eigenvalue weighted by Crippen LogP contribution is -2.16. The highest BCUT2D eigenvalue weighted by Crippen LogP contribution is 2.27. The second kappa shape index (κ2) is 9.02. The van der Waals surface area contributed by atoms with Gasteiger partial charge >= 0.3 is 0 Å². The molecule has 118 valence electrons. The molecule has 0 aliphatic heterocycles. The molecule has 0 amide bonds. The number of hydrogen-bond acceptors (Lipinski definition) is 1. The lowest BCUT2D eigenvalue weighted by Gasteiger charge is -2.22. The highest BCUT2D eigenvalue weighted by Gasteiger charge is 2.19. The average molecular weight is 288 g/mol. The second-order valence-corrected chi connectivity index (χ2v) is 7.13. The van der Waals surface area contributed by atoms with Crippen molar-refractivity contribution in [1.82, 2.24) is 0 Å². The molecule has 0 heterocycles. The molecule has 1 nitrogen and oxygen atoms in total. The lowest BCUT2D eigenvalue weighted by molar-refractivity contribution is -0.120. The Morgan fingerprint density at radius 1 is 1.29 bits per heavy atom. The zero-order chi connectivity index (χ0) is 15.8. The van der Waals surface area contributed by atoms with Crippen molar-refractivity contribution in [2.75, 3.05) is 0 Å². The standard InChI is InChI=1S/C20H32O/c1-15(2)13-20(21)14-18(5)19-11-9-16(3)7-6-8-17(4)10-12-19/h8-9,11,15,18-19H,3,6-7,10,12-14H2,1-2,4-5H3/b11-9-,17-8-/t18-,19-/m1/s1. The van der Waals surface area contributed by atoms with Gasteiger partial charge in [-0.05, 0) is 50.4 Å². The van der Waals surface area contributed by atoms with Gasteiger partial charge in [0.15, 0.2) is 0 Å². The molecule has 0 saturated carbocycles. The summed E-state index contributed by atoms with van der Waals surface area (Å²) in [4.78, 5) is 12.1. The van der Waals surface area contributed by atoms with E-state index < -0.39 is 0 Å². The minimum absolute atomic E-state index is 0.411. The summed E-state index contributed by atoms with van der Waals surface area (Å²) in [6.07, 6.45) is 12.7. The van der Waals surface area contributed by atoms with E-state index in [1.54, 1.807) is 0 Å². The molecule has 0 fully saturated rings. The SMILES string of the molecule is C=C1/C=C\[C@@H]([C@H](C)CC(=O)CC(C)C)CC/C(C)=C\CC1. The molecule has 0 aromatic heterocycles. The Labute approximate surface area is 131 Å². The molecule has 1 aliphatic rings. The van der Waals surface area contributed by atoms with Crippen LogP contribution in [0, 0.1) is 17.8 Å². The summed E-state index contributed by atoms with van der Waals surface area (Å²) < 4.78 is 0. The van der Waals surface area contributed by atoms with Crippen LogP contribution in [0.3, 0.4) is 0 Å². The first-order valence-corrected chi connectivity index (χ1v) is 8.41. The van der Waals surface area contributed by atoms with Gasteiger partial charge in [0.05, 0.1) is 0 Å². The predicted octanol–water partition coefficient (Wildman–Crippen LogP) is 5.88. The number of rotatable bonds is 5. The second-order valence-electron chi connectivity index (χ2n) is 7.13. The maximum atomic E-state index is 12.1. The van der Waals surface area contributed by atoms with Crippen LogP contribution in [0.25, 0.3) is 0 Å². The molecular formula is C20H32O. The third kappa shape index (κ3) is 7.45. The Kier molecular flexibility index (Phi) is 7.71. The van der Waals surface area contributed by atoms with Crippen molar-refractivity contribution in [2.45, 2.75) is 66.2 Å². The summed E-state index contributed by atoms with van der Waals surface area (Å²) in [5.41, 5.74) is 2.68. The van der Waals surface area contributed by atoms with Crippen LogP contribution >= 0.6 is 0 Å². The van der Waals surface area contributed by atoms with Gasteiger partial charge in [0.25, 0.3) is 0 Å². The maximum absolute atomic E-state index is 12.1. The number of hydrogen-bond donors (Lipinski definition) is 0. The van der Waals surface area contributed by atoms with Gasteiger partial charge in [-0.2, -0.15) is 0 Å². The van der Waals surface area contributed by atoms with Crippen molar-refractivity contribution in [1.29, 1.82) is 0 Å². The molecule has 0 radical (unpaired) electrons. The van der Waals surface area contributed by atoms with Crippen LogP contribution < -0.4 is 0 Å². The third-order valence-electron chi connectivity index (χ3n) is 4.33. The molecule has 21 heavy (non-hydrogen) atoms. The summed E-state index contributed by atoms with van der Waals surface area (Å²) >= 11 is 0.